The number of halogens is 2. The maximum absolute atomic E-state index is 9.00. The van der Waals surface area contributed by atoms with E-state index in [9.17, 15) is 0 Å². The summed E-state index contributed by atoms with van der Waals surface area (Å²) < 4.78 is 0. The molecule has 1 N–H and O–H groups in total. The number of carboxylic acid groups (broad SMARTS) is 1. The Kier molecular flexibility index (Phi) is 51.6. The molecule has 0 radical (unpaired) electrons. The first kappa shape index (κ1) is 23.0. The van der Waals surface area contributed by atoms with Crippen LogP contribution in [0.5, 0.6) is 0 Å². The molecule has 0 aromatic rings. The van der Waals surface area contributed by atoms with Gasteiger partial charge in [-0.2, -0.15) is 0 Å². The number of carboxylic acids is 1. The summed E-state index contributed by atoms with van der Waals surface area (Å²) in [7, 11) is 0. The van der Waals surface area contributed by atoms with Crippen molar-refractivity contribution in [3.63, 3.8) is 0 Å². The SMILES string of the molecule is CC(=O)O.[Ba+2].[Br-].[Br-]. The molecule has 2 nitrogen and oxygen atoms in total. The molecule has 0 saturated carbocycles. The molecule has 0 aromatic heterocycles. The summed E-state index contributed by atoms with van der Waals surface area (Å²) in [4.78, 5) is 9.00. The molecule has 0 rings (SSSR count). The molecule has 40 valence electrons. The molecule has 7 heavy (non-hydrogen) atoms. The first-order valence-electron chi connectivity index (χ1n) is 0.928. The van der Waals surface area contributed by atoms with Gasteiger partial charge in [-0.15, -0.1) is 0 Å². The molecule has 0 atom stereocenters. The van der Waals surface area contributed by atoms with Crippen molar-refractivity contribution in [2.75, 3.05) is 0 Å². The molecule has 0 unspecified atom stereocenters. The quantitative estimate of drug-likeness (QED) is 0.438. The molecule has 0 aliphatic carbocycles. The summed E-state index contributed by atoms with van der Waals surface area (Å²) in [6, 6.07) is 0. The number of hydrogen-bond donors (Lipinski definition) is 1. The first-order chi connectivity index (χ1) is 1.73. The Morgan fingerprint density at radius 3 is 1.43 bits per heavy atom. The fourth-order valence-electron chi connectivity index (χ4n) is 0. The van der Waals surface area contributed by atoms with Gasteiger partial charge >= 0.3 is 48.9 Å². The molecular weight excluding hydrogens is 353 g/mol. The Hall–Kier alpha value is 2.00. The smallest absolute Gasteiger partial charge is 1.00 e. The van der Waals surface area contributed by atoms with Crippen molar-refractivity contribution in [3.05, 3.63) is 0 Å². The molecule has 0 spiro atoms. The van der Waals surface area contributed by atoms with Gasteiger partial charge in [0.2, 0.25) is 0 Å². The van der Waals surface area contributed by atoms with Gasteiger partial charge in [-0.1, -0.05) is 0 Å². The number of rotatable bonds is 0. The van der Waals surface area contributed by atoms with Gasteiger partial charge < -0.3 is 39.1 Å². The van der Waals surface area contributed by atoms with Crippen molar-refractivity contribution in [2.45, 2.75) is 6.92 Å². The van der Waals surface area contributed by atoms with Crippen molar-refractivity contribution in [3.8, 4) is 0 Å². The second-order valence-corrected chi connectivity index (χ2v) is 0.519. The predicted molar refractivity (Wildman–Crippen MR) is 19.1 cm³/mol. The molecule has 0 heterocycles. The Morgan fingerprint density at radius 1 is 1.43 bits per heavy atom. The molecule has 0 aliphatic heterocycles. The zero-order chi connectivity index (χ0) is 3.58. The van der Waals surface area contributed by atoms with Gasteiger partial charge in [-0.25, -0.2) is 0 Å². The van der Waals surface area contributed by atoms with E-state index < -0.39 is 5.97 Å². The van der Waals surface area contributed by atoms with Crippen molar-refractivity contribution in [1.29, 1.82) is 0 Å². The predicted octanol–water partition coefficient (Wildman–Crippen LogP) is -6.28. The fraction of sp³-hybridized carbons (Fsp3) is 0.500. The minimum atomic E-state index is -0.833. The third kappa shape index (κ3) is 71.9. The zero-order valence-corrected chi connectivity index (χ0v) is 11.4. The molecule has 5 heteroatoms. The van der Waals surface area contributed by atoms with Crippen LogP contribution in [0, 0.1) is 0 Å². The van der Waals surface area contributed by atoms with E-state index in [0.29, 0.717) is 0 Å². The second kappa shape index (κ2) is 15.7. The van der Waals surface area contributed by atoms with Gasteiger partial charge in [0, 0.05) is 6.92 Å². The van der Waals surface area contributed by atoms with E-state index in [4.69, 9.17) is 9.90 Å². The van der Waals surface area contributed by atoms with E-state index in [0.717, 1.165) is 6.92 Å². The summed E-state index contributed by atoms with van der Waals surface area (Å²) in [5.74, 6) is -0.833. The van der Waals surface area contributed by atoms with E-state index in [2.05, 4.69) is 0 Å². The summed E-state index contributed by atoms with van der Waals surface area (Å²) in [5, 5.41) is 7.42. The molecule has 0 amide bonds. The van der Waals surface area contributed by atoms with Crippen LogP contribution in [0.15, 0.2) is 0 Å². The molecule has 0 aromatic carbocycles. The Labute approximate surface area is 104 Å². The summed E-state index contributed by atoms with van der Waals surface area (Å²) >= 11 is 0. The third-order valence-electron chi connectivity index (χ3n) is 0. The normalized spacial score (nSPS) is 3.57. The maximum Gasteiger partial charge on any atom is 2.00 e. The van der Waals surface area contributed by atoms with Gasteiger partial charge in [0.1, 0.15) is 0 Å². The van der Waals surface area contributed by atoms with Crippen LogP contribution in [0.1, 0.15) is 6.92 Å². The van der Waals surface area contributed by atoms with Crippen LogP contribution in [0.2, 0.25) is 0 Å². The molecule has 0 bridgehead atoms. The van der Waals surface area contributed by atoms with Crippen LogP contribution in [-0.2, 0) is 4.79 Å². The molecule has 0 aliphatic rings. The van der Waals surface area contributed by atoms with Crippen LogP contribution in [0.25, 0.3) is 0 Å². The number of carbonyl (C=O) groups is 1. The van der Waals surface area contributed by atoms with Crippen LogP contribution in [0.4, 0.5) is 0 Å². The Bertz CT molecular complexity index is 36.7. The van der Waals surface area contributed by atoms with Gasteiger partial charge in [0.05, 0.1) is 0 Å². The topological polar surface area (TPSA) is 37.3 Å². The van der Waals surface area contributed by atoms with Gasteiger partial charge in [0.25, 0.3) is 5.97 Å². The van der Waals surface area contributed by atoms with Crippen molar-refractivity contribution in [2.24, 2.45) is 0 Å². The second-order valence-electron chi connectivity index (χ2n) is 0.519. The monoisotopic (exact) mass is 356 g/mol. The van der Waals surface area contributed by atoms with Crippen LogP contribution in [-0.4, -0.2) is 60.0 Å². The van der Waals surface area contributed by atoms with E-state index in [1.165, 1.54) is 0 Å². The van der Waals surface area contributed by atoms with Crippen molar-refractivity contribution < 1.29 is 43.9 Å². The maximum atomic E-state index is 9.00. The van der Waals surface area contributed by atoms with Gasteiger partial charge in [-0.3, -0.25) is 4.79 Å². The fourth-order valence-corrected chi connectivity index (χ4v) is 0. The van der Waals surface area contributed by atoms with E-state index >= 15 is 0 Å². The average molecular weight is 357 g/mol. The Morgan fingerprint density at radius 2 is 1.43 bits per heavy atom. The van der Waals surface area contributed by atoms with E-state index in [-0.39, 0.29) is 82.8 Å². The van der Waals surface area contributed by atoms with Crippen LogP contribution < -0.4 is 34.0 Å². The number of hydrogen-bond acceptors (Lipinski definition) is 1. The average Bonchev–Trinajstić information content (AvgIpc) is 0.811. The third-order valence-corrected chi connectivity index (χ3v) is 0. The minimum Gasteiger partial charge on any atom is -1.00 e. The largest absolute Gasteiger partial charge is 2.00 e. The summed E-state index contributed by atoms with van der Waals surface area (Å²) in [6.07, 6.45) is 0. The summed E-state index contributed by atoms with van der Waals surface area (Å²) in [5.41, 5.74) is 0. The Balaban J connectivity index is -0.0000000150. The van der Waals surface area contributed by atoms with Crippen LogP contribution >= 0.6 is 0 Å². The van der Waals surface area contributed by atoms with E-state index in [1.54, 1.807) is 0 Å². The first-order valence-corrected chi connectivity index (χ1v) is 0.928. The van der Waals surface area contributed by atoms with Crippen LogP contribution in [0.3, 0.4) is 0 Å². The zero-order valence-electron chi connectivity index (χ0n) is 3.82. The molecule has 0 saturated heterocycles. The number of aliphatic carboxylic acids is 1. The van der Waals surface area contributed by atoms with Gasteiger partial charge in [0.15, 0.2) is 0 Å². The standard InChI is InChI=1S/C2H4O2.Ba.2BrH/c1-2(3)4;;;/h1H3,(H,3,4);;2*1H/q;+2;;/p-2. The van der Waals surface area contributed by atoms with Crippen molar-refractivity contribution in [1.82, 2.24) is 0 Å². The molecule has 0 fully saturated rings. The molecular formula is C2H4BaBr2O2. The van der Waals surface area contributed by atoms with Gasteiger partial charge in [-0.05, 0) is 0 Å². The minimum absolute atomic E-state index is 0. The summed E-state index contributed by atoms with van der Waals surface area (Å²) in [6.45, 7) is 1.08. The van der Waals surface area contributed by atoms with E-state index in [1.807, 2.05) is 0 Å². The van der Waals surface area contributed by atoms with Crippen molar-refractivity contribution >= 4 is 54.9 Å².